The van der Waals surface area contributed by atoms with E-state index >= 15 is 0 Å². The highest BCUT2D eigenvalue weighted by Gasteiger charge is 2.45. The van der Waals surface area contributed by atoms with E-state index in [2.05, 4.69) is 5.32 Å². The molecule has 0 saturated carbocycles. The molecule has 14 nitrogen and oxygen atoms in total. The topological polar surface area (TPSA) is 254 Å². The Morgan fingerprint density at radius 3 is 1.06 bits per heavy atom. The van der Waals surface area contributed by atoms with Gasteiger partial charge in [-0.3, -0.25) is 24.0 Å². The lowest BCUT2D eigenvalue weighted by Crippen LogP contribution is -2.62. The average Bonchev–Trinajstić information content (AvgIpc) is 2.56. The molecule has 1 saturated heterocycles. The SMILES string of the molecule is CC(=O)NC1CC(C)(C)N(O)C(C)(C)C1.CC(=O)O.CC(=O)O.CC(=O)O.CC(=O)O.NCCN. The van der Waals surface area contributed by atoms with E-state index in [1.54, 1.807) is 0 Å². The first-order valence-corrected chi connectivity index (χ1v) is 10.4. The Labute approximate surface area is 207 Å². The van der Waals surface area contributed by atoms with Crippen LogP contribution in [0.5, 0.6) is 0 Å². The molecule has 0 aromatic heterocycles. The first-order chi connectivity index (χ1) is 15.5. The Morgan fingerprint density at radius 1 is 0.714 bits per heavy atom. The summed E-state index contributed by atoms with van der Waals surface area (Å²) in [6, 6.07) is 0.149. The summed E-state index contributed by atoms with van der Waals surface area (Å²) >= 11 is 0. The van der Waals surface area contributed by atoms with Crippen LogP contribution in [-0.4, -0.2) is 90.7 Å². The van der Waals surface area contributed by atoms with E-state index in [1.165, 1.54) is 12.0 Å². The molecular formula is C21H46N4O10. The van der Waals surface area contributed by atoms with Gasteiger partial charge in [0.15, 0.2) is 0 Å². The van der Waals surface area contributed by atoms with E-state index in [1.807, 2.05) is 27.7 Å². The Morgan fingerprint density at radius 2 is 0.914 bits per heavy atom. The number of rotatable bonds is 2. The predicted molar refractivity (Wildman–Crippen MR) is 130 cm³/mol. The number of hydrogen-bond acceptors (Lipinski definition) is 9. The van der Waals surface area contributed by atoms with Gasteiger partial charge in [0.1, 0.15) is 0 Å². The molecule has 10 N–H and O–H groups in total. The Kier molecular flexibility index (Phi) is 27.8. The molecule has 0 unspecified atom stereocenters. The summed E-state index contributed by atoms with van der Waals surface area (Å²) in [6.07, 6.45) is 1.54. The fraction of sp³-hybridized carbons (Fsp3) is 0.762. The van der Waals surface area contributed by atoms with Gasteiger partial charge in [-0.15, -0.1) is 0 Å². The second-order valence-corrected chi connectivity index (χ2v) is 8.40. The average molecular weight is 515 g/mol. The number of nitrogens with zero attached hydrogens (tertiary/aromatic N) is 1. The lowest BCUT2D eigenvalue weighted by Gasteiger charge is -2.51. The van der Waals surface area contributed by atoms with Gasteiger partial charge < -0.3 is 42.4 Å². The van der Waals surface area contributed by atoms with Gasteiger partial charge in [-0.2, -0.15) is 5.06 Å². The Bertz CT molecular complexity index is 541. The summed E-state index contributed by atoms with van der Waals surface area (Å²) in [4.78, 5) is 47.0. The van der Waals surface area contributed by atoms with Crippen molar-refractivity contribution in [2.45, 2.75) is 92.3 Å². The standard InChI is InChI=1S/C11H22N2O2.C2H8N2.4C2H4O2/c1-8(14)12-9-6-10(2,3)13(15)11(4,5)7-9;3-1-2-4;4*1-2(3)4/h9,15H,6-7H2,1-5H3,(H,12,14);1-4H2;4*1H3,(H,3,4). The zero-order valence-corrected chi connectivity index (χ0v) is 22.3. The van der Waals surface area contributed by atoms with Crippen LogP contribution in [-0.2, 0) is 24.0 Å². The maximum absolute atomic E-state index is 11.0. The molecule has 35 heavy (non-hydrogen) atoms. The highest BCUT2D eigenvalue weighted by atomic mass is 16.5. The van der Waals surface area contributed by atoms with Crippen LogP contribution in [0.15, 0.2) is 0 Å². The number of aliphatic carboxylic acids is 4. The highest BCUT2D eigenvalue weighted by molar-refractivity contribution is 5.73. The monoisotopic (exact) mass is 514 g/mol. The molecule has 0 bridgehead atoms. The van der Waals surface area contributed by atoms with Crippen molar-refractivity contribution in [3.8, 4) is 0 Å². The van der Waals surface area contributed by atoms with Gasteiger partial charge in [0.25, 0.3) is 23.9 Å². The van der Waals surface area contributed by atoms with Gasteiger partial charge in [-0.25, -0.2) is 0 Å². The minimum Gasteiger partial charge on any atom is -0.481 e. The molecule has 0 aliphatic carbocycles. The maximum Gasteiger partial charge on any atom is 0.300 e. The van der Waals surface area contributed by atoms with Crippen molar-refractivity contribution in [1.82, 2.24) is 10.4 Å². The van der Waals surface area contributed by atoms with Crippen LogP contribution in [0.25, 0.3) is 0 Å². The molecule has 1 aliphatic heterocycles. The van der Waals surface area contributed by atoms with Crippen molar-refractivity contribution in [2.75, 3.05) is 13.1 Å². The molecule has 0 radical (unpaired) electrons. The van der Waals surface area contributed by atoms with Gasteiger partial charge in [-0.1, -0.05) is 0 Å². The summed E-state index contributed by atoms with van der Waals surface area (Å²) in [5.74, 6) is -3.34. The molecule has 1 aliphatic rings. The molecule has 1 fully saturated rings. The van der Waals surface area contributed by atoms with Crippen LogP contribution in [0.4, 0.5) is 0 Å². The third kappa shape index (κ3) is 45.4. The molecule has 1 amide bonds. The number of carboxylic acid groups (broad SMARTS) is 4. The lowest BCUT2D eigenvalue weighted by molar-refractivity contribution is -0.246. The number of carboxylic acids is 4. The first kappa shape index (κ1) is 42.4. The Hall–Kier alpha value is -2.81. The zero-order valence-electron chi connectivity index (χ0n) is 22.3. The van der Waals surface area contributed by atoms with Gasteiger partial charge >= 0.3 is 0 Å². The van der Waals surface area contributed by atoms with Crippen molar-refractivity contribution in [3.05, 3.63) is 0 Å². The molecule has 0 spiro atoms. The van der Waals surface area contributed by atoms with Crippen LogP contribution in [0.1, 0.15) is 75.2 Å². The van der Waals surface area contributed by atoms with Gasteiger partial charge in [0.2, 0.25) is 5.91 Å². The molecule has 0 aromatic carbocycles. The number of nitrogens with two attached hydrogens (primary N) is 2. The van der Waals surface area contributed by atoms with Crippen molar-refractivity contribution >= 4 is 29.8 Å². The number of piperidine rings is 1. The smallest absolute Gasteiger partial charge is 0.300 e. The number of nitrogens with one attached hydrogen (secondary N) is 1. The van der Waals surface area contributed by atoms with E-state index in [0.29, 0.717) is 13.1 Å². The van der Waals surface area contributed by atoms with E-state index in [4.69, 9.17) is 51.1 Å². The van der Waals surface area contributed by atoms with Crippen LogP contribution in [0, 0.1) is 0 Å². The number of carbonyl (C=O) groups is 5. The molecule has 210 valence electrons. The van der Waals surface area contributed by atoms with Crippen LogP contribution >= 0.6 is 0 Å². The van der Waals surface area contributed by atoms with E-state index < -0.39 is 23.9 Å². The normalized spacial score (nSPS) is 15.0. The van der Waals surface area contributed by atoms with Gasteiger partial charge in [0, 0.05) is 64.8 Å². The summed E-state index contributed by atoms with van der Waals surface area (Å²) in [6.45, 7) is 15.0. The molecule has 1 rings (SSSR count). The van der Waals surface area contributed by atoms with Crippen molar-refractivity contribution < 1.29 is 49.6 Å². The second-order valence-electron chi connectivity index (χ2n) is 8.40. The van der Waals surface area contributed by atoms with Gasteiger partial charge in [-0.05, 0) is 40.5 Å². The Balaban J connectivity index is -0.000000123. The third-order valence-corrected chi connectivity index (χ3v) is 3.21. The largest absolute Gasteiger partial charge is 0.481 e. The highest BCUT2D eigenvalue weighted by Crippen LogP contribution is 2.36. The summed E-state index contributed by atoms with van der Waals surface area (Å²) in [5, 5.41) is 44.1. The minimum atomic E-state index is -0.833. The summed E-state index contributed by atoms with van der Waals surface area (Å²) < 4.78 is 0. The molecule has 14 heteroatoms. The minimum absolute atomic E-state index is 0.00186. The first-order valence-electron chi connectivity index (χ1n) is 10.4. The van der Waals surface area contributed by atoms with Crippen molar-refractivity contribution in [2.24, 2.45) is 11.5 Å². The summed E-state index contributed by atoms with van der Waals surface area (Å²) in [5.41, 5.74) is 9.21. The number of amides is 1. The van der Waals surface area contributed by atoms with Crippen molar-refractivity contribution in [1.29, 1.82) is 0 Å². The number of hydroxylamine groups is 2. The molecular weight excluding hydrogens is 468 g/mol. The van der Waals surface area contributed by atoms with Crippen molar-refractivity contribution in [3.63, 3.8) is 0 Å². The van der Waals surface area contributed by atoms with E-state index in [9.17, 15) is 10.0 Å². The van der Waals surface area contributed by atoms with E-state index in [-0.39, 0.29) is 23.0 Å². The maximum atomic E-state index is 11.0. The summed E-state index contributed by atoms with van der Waals surface area (Å²) in [7, 11) is 0. The molecule has 0 atom stereocenters. The molecule has 0 aromatic rings. The predicted octanol–water partition coefficient (Wildman–Crippen LogP) is 0.801. The number of carbonyl (C=O) groups excluding carboxylic acids is 1. The third-order valence-electron chi connectivity index (χ3n) is 3.21. The van der Waals surface area contributed by atoms with E-state index in [0.717, 1.165) is 40.5 Å². The lowest BCUT2D eigenvalue weighted by atomic mass is 9.79. The van der Waals surface area contributed by atoms with Crippen LogP contribution < -0.4 is 16.8 Å². The fourth-order valence-corrected chi connectivity index (χ4v) is 2.66. The van der Waals surface area contributed by atoms with Gasteiger partial charge in [0.05, 0.1) is 0 Å². The van der Waals surface area contributed by atoms with Crippen LogP contribution in [0.2, 0.25) is 0 Å². The second kappa shape index (κ2) is 23.0. The molecule has 1 heterocycles. The number of hydrogen-bond donors (Lipinski definition) is 8. The quantitative estimate of drug-likeness (QED) is 0.254. The zero-order chi connectivity index (χ0) is 29.6. The van der Waals surface area contributed by atoms with Crippen LogP contribution in [0.3, 0.4) is 0 Å². The fourth-order valence-electron chi connectivity index (χ4n) is 2.66.